The van der Waals surface area contributed by atoms with E-state index in [2.05, 4.69) is 47.6 Å². The molecule has 2 unspecified atom stereocenters. The standard InChI is InChI=1S/C30H48O4/c1-25(2)20-10-13-30(7)21(28(20,5)12-11-22(25)31)9-8-18-19-16-26(3,24(33)34)17-23(32)27(19,4)14-15-29(18,30)6/h8,19-23,31-32H,9-17H2,1-7H3,(H,33,34)/t19-,20?,21?,22-,23-,26-,27+,28-,29+,30+/m0/s1. The number of aliphatic carboxylic acids is 1. The number of fused-ring (bicyclic) bond motifs is 7. The molecule has 0 saturated heterocycles. The van der Waals surface area contributed by atoms with Gasteiger partial charge in [0.2, 0.25) is 0 Å². The summed E-state index contributed by atoms with van der Waals surface area (Å²) >= 11 is 0. The Bertz CT molecular complexity index is 923. The lowest BCUT2D eigenvalue weighted by Crippen LogP contribution is -2.65. The third kappa shape index (κ3) is 2.82. The van der Waals surface area contributed by atoms with Gasteiger partial charge in [0.05, 0.1) is 17.6 Å². The summed E-state index contributed by atoms with van der Waals surface area (Å²) in [5.41, 5.74) is 0.706. The molecule has 4 fully saturated rings. The van der Waals surface area contributed by atoms with E-state index in [1.807, 2.05) is 6.92 Å². The molecule has 34 heavy (non-hydrogen) atoms. The molecule has 5 aliphatic rings. The van der Waals surface area contributed by atoms with E-state index in [0.29, 0.717) is 24.7 Å². The molecule has 5 rings (SSSR count). The molecule has 0 aromatic carbocycles. The summed E-state index contributed by atoms with van der Waals surface area (Å²) < 4.78 is 0. The molecule has 3 N–H and O–H groups in total. The molecule has 0 spiro atoms. The molecular weight excluding hydrogens is 424 g/mol. The van der Waals surface area contributed by atoms with Gasteiger partial charge in [-0.15, -0.1) is 0 Å². The SMILES string of the molecule is CC1(C)C2CC[C@]3(C)C(CC=C4[C@@H]5C[C@](C)(C(=O)O)C[C@H](O)[C@]5(C)CC[C@]43C)[C@@]2(C)CC[C@@H]1O. The Morgan fingerprint density at radius 3 is 2.15 bits per heavy atom. The van der Waals surface area contributed by atoms with Gasteiger partial charge in [0.15, 0.2) is 0 Å². The molecule has 0 aliphatic heterocycles. The third-order valence-electron chi connectivity index (χ3n) is 13.4. The Morgan fingerprint density at radius 2 is 1.50 bits per heavy atom. The number of carboxylic acid groups (broad SMARTS) is 1. The van der Waals surface area contributed by atoms with Crippen LogP contribution in [0.25, 0.3) is 0 Å². The van der Waals surface area contributed by atoms with Gasteiger partial charge in [0.25, 0.3) is 0 Å². The van der Waals surface area contributed by atoms with Crippen LogP contribution in [0.1, 0.15) is 106 Å². The number of carboxylic acids is 1. The zero-order valence-corrected chi connectivity index (χ0v) is 22.6. The Hall–Kier alpha value is -0.870. The lowest BCUT2D eigenvalue weighted by molar-refractivity contribution is -0.208. The van der Waals surface area contributed by atoms with Crippen LogP contribution >= 0.6 is 0 Å². The van der Waals surface area contributed by atoms with Crippen molar-refractivity contribution < 1.29 is 20.1 Å². The summed E-state index contributed by atoms with van der Waals surface area (Å²) in [5.74, 6) is 0.463. The Labute approximate surface area is 206 Å². The first-order valence-corrected chi connectivity index (χ1v) is 13.9. The number of aliphatic hydroxyl groups excluding tert-OH is 2. The molecule has 4 saturated carbocycles. The Morgan fingerprint density at radius 1 is 0.824 bits per heavy atom. The molecular formula is C30H48O4. The fourth-order valence-corrected chi connectivity index (χ4v) is 10.6. The summed E-state index contributed by atoms with van der Waals surface area (Å²) in [7, 11) is 0. The van der Waals surface area contributed by atoms with Crippen molar-refractivity contribution in [2.24, 2.45) is 50.2 Å². The number of carbonyl (C=O) groups is 1. The van der Waals surface area contributed by atoms with Crippen molar-refractivity contribution in [3.8, 4) is 0 Å². The van der Waals surface area contributed by atoms with E-state index in [0.717, 1.165) is 38.5 Å². The maximum atomic E-state index is 12.3. The molecule has 0 aromatic rings. The molecule has 0 bridgehead atoms. The highest BCUT2D eigenvalue weighted by Gasteiger charge is 2.69. The summed E-state index contributed by atoms with van der Waals surface area (Å²) in [6, 6.07) is 0. The van der Waals surface area contributed by atoms with E-state index in [9.17, 15) is 20.1 Å². The zero-order valence-electron chi connectivity index (χ0n) is 22.6. The number of hydrogen-bond acceptors (Lipinski definition) is 3. The van der Waals surface area contributed by atoms with Crippen LogP contribution in [-0.4, -0.2) is 33.5 Å². The molecule has 4 nitrogen and oxygen atoms in total. The first-order valence-electron chi connectivity index (χ1n) is 13.9. The van der Waals surface area contributed by atoms with Crippen molar-refractivity contribution in [1.82, 2.24) is 0 Å². The second-order valence-electron chi connectivity index (χ2n) is 15.0. The van der Waals surface area contributed by atoms with Crippen molar-refractivity contribution in [2.75, 3.05) is 0 Å². The highest BCUT2D eigenvalue weighted by molar-refractivity contribution is 5.74. The van der Waals surface area contributed by atoms with Gasteiger partial charge in [-0.1, -0.05) is 53.2 Å². The molecule has 0 heterocycles. The average molecular weight is 473 g/mol. The number of allylic oxidation sites excluding steroid dienone is 2. The van der Waals surface area contributed by atoms with Crippen molar-refractivity contribution in [2.45, 2.75) is 118 Å². The lowest BCUT2D eigenvalue weighted by atomic mass is 9.33. The van der Waals surface area contributed by atoms with Gasteiger partial charge in [-0.25, -0.2) is 0 Å². The van der Waals surface area contributed by atoms with Crippen LogP contribution in [0.5, 0.6) is 0 Å². The fourth-order valence-electron chi connectivity index (χ4n) is 10.6. The van der Waals surface area contributed by atoms with Crippen LogP contribution in [0.2, 0.25) is 0 Å². The first kappa shape index (κ1) is 24.8. The van der Waals surface area contributed by atoms with Gasteiger partial charge in [-0.05, 0) is 104 Å². The minimum Gasteiger partial charge on any atom is -0.481 e. The molecule has 0 aromatic heterocycles. The van der Waals surface area contributed by atoms with Gasteiger partial charge in [0, 0.05) is 5.41 Å². The fraction of sp³-hybridized carbons (Fsp3) is 0.900. The summed E-state index contributed by atoms with van der Waals surface area (Å²) in [6.07, 6.45) is 10.1. The van der Waals surface area contributed by atoms with E-state index in [4.69, 9.17) is 0 Å². The van der Waals surface area contributed by atoms with E-state index in [-0.39, 0.29) is 39.1 Å². The average Bonchev–Trinajstić information content (AvgIpc) is 2.73. The van der Waals surface area contributed by atoms with Gasteiger partial charge in [-0.2, -0.15) is 0 Å². The van der Waals surface area contributed by atoms with Gasteiger partial charge in [0.1, 0.15) is 0 Å². The van der Waals surface area contributed by atoms with Crippen LogP contribution in [0.15, 0.2) is 11.6 Å². The minimum atomic E-state index is -0.867. The third-order valence-corrected chi connectivity index (χ3v) is 13.4. The Balaban J connectivity index is 1.59. The van der Waals surface area contributed by atoms with Crippen LogP contribution < -0.4 is 0 Å². The lowest BCUT2D eigenvalue weighted by Gasteiger charge is -2.71. The normalized spacial score (nSPS) is 56.3. The summed E-state index contributed by atoms with van der Waals surface area (Å²) in [4.78, 5) is 12.3. The van der Waals surface area contributed by atoms with Crippen molar-refractivity contribution in [3.63, 3.8) is 0 Å². The molecule has 4 heteroatoms. The highest BCUT2D eigenvalue weighted by Crippen LogP contribution is 2.75. The van der Waals surface area contributed by atoms with Crippen molar-refractivity contribution in [1.29, 1.82) is 0 Å². The second-order valence-corrected chi connectivity index (χ2v) is 15.0. The van der Waals surface area contributed by atoms with E-state index in [1.54, 1.807) is 0 Å². The van der Waals surface area contributed by atoms with Crippen LogP contribution in [0.3, 0.4) is 0 Å². The number of hydrogen-bond donors (Lipinski definition) is 3. The van der Waals surface area contributed by atoms with Crippen LogP contribution in [0, 0.1) is 50.2 Å². The summed E-state index contributed by atoms with van der Waals surface area (Å²) in [6.45, 7) is 16.2. The predicted octanol–water partition coefficient (Wildman–Crippen LogP) is 6.20. The zero-order chi connectivity index (χ0) is 25.1. The van der Waals surface area contributed by atoms with E-state index in [1.165, 1.54) is 12.0 Å². The molecule has 5 aliphatic carbocycles. The molecule has 192 valence electrons. The summed E-state index contributed by atoms with van der Waals surface area (Å²) in [5, 5.41) is 32.2. The molecule has 0 radical (unpaired) electrons. The second kappa shape index (κ2) is 7.12. The topological polar surface area (TPSA) is 77.8 Å². The van der Waals surface area contributed by atoms with E-state index < -0.39 is 17.5 Å². The van der Waals surface area contributed by atoms with E-state index >= 15 is 0 Å². The number of rotatable bonds is 1. The quantitative estimate of drug-likeness (QED) is 0.397. The van der Waals surface area contributed by atoms with Crippen LogP contribution in [-0.2, 0) is 4.79 Å². The maximum Gasteiger partial charge on any atom is 0.309 e. The van der Waals surface area contributed by atoms with Gasteiger partial charge in [-0.3, -0.25) is 4.79 Å². The van der Waals surface area contributed by atoms with Crippen molar-refractivity contribution >= 4 is 5.97 Å². The first-order chi connectivity index (χ1) is 15.6. The minimum absolute atomic E-state index is 0.0325. The van der Waals surface area contributed by atoms with Gasteiger partial charge < -0.3 is 15.3 Å². The monoisotopic (exact) mass is 472 g/mol. The Kier molecular flexibility index (Phi) is 5.20. The van der Waals surface area contributed by atoms with Crippen molar-refractivity contribution in [3.05, 3.63) is 11.6 Å². The smallest absolute Gasteiger partial charge is 0.309 e. The maximum absolute atomic E-state index is 12.3. The molecule has 0 amide bonds. The highest BCUT2D eigenvalue weighted by atomic mass is 16.4. The van der Waals surface area contributed by atoms with Crippen LogP contribution in [0.4, 0.5) is 0 Å². The number of aliphatic hydroxyl groups is 2. The largest absolute Gasteiger partial charge is 0.481 e. The van der Waals surface area contributed by atoms with Gasteiger partial charge >= 0.3 is 5.97 Å². The molecule has 10 atom stereocenters. The predicted molar refractivity (Wildman–Crippen MR) is 134 cm³/mol.